The highest BCUT2D eigenvalue weighted by Gasteiger charge is 1.97. The molecule has 1 aromatic rings. The van der Waals surface area contributed by atoms with Crippen LogP contribution in [0.1, 0.15) is 0 Å². The molecule has 0 atom stereocenters. The van der Waals surface area contributed by atoms with Crippen LogP contribution in [-0.4, -0.2) is 29.5 Å². The minimum absolute atomic E-state index is 0.444. The fraction of sp³-hybridized carbons (Fsp3) is 0.429. The molecule has 0 saturated carbocycles. The van der Waals surface area contributed by atoms with Crippen LogP contribution in [0.25, 0.3) is 0 Å². The average molecular weight is 184 g/mol. The van der Waals surface area contributed by atoms with E-state index in [4.69, 9.17) is 5.73 Å². The molecule has 0 aromatic carbocycles. The number of methoxy groups -OCH3 is 1. The lowest BCUT2D eigenvalue weighted by molar-refractivity contribution is 0.170. The fourth-order valence-corrected chi connectivity index (χ4v) is 0.847. The summed E-state index contributed by atoms with van der Waals surface area (Å²) in [6, 6.07) is 0. The van der Waals surface area contributed by atoms with Crippen LogP contribution in [0.2, 0.25) is 0 Å². The van der Waals surface area contributed by atoms with Crippen LogP contribution in [-0.2, 0) is 11.3 Å². The highest BCUT2D eigenvalue weighted by atomic mass is 16.5. The van der Waals surface area contributed by atoms with Gasteiger partial charge in [0.25, 0.3) is 0 Å². The highest BCUT2D eigenvalue weighted by molar-refractivity contribution is 5.66. The molecule has 6 nitrogen and oxygen atoms in total. The predicted molar refractivity (Wildman–Crippen MR) is 47.0 cm³/mol. The van der Waals surface area contributed by atoms with Crippen molar-refractivity contribution in [3.05, 3.63) is 12.4 Å². The van der Waals surface area contributed by atoms with Crippen molar-refractivity contribution >= 4 is 11.8 Å². The molecule has 72 valence electrons. The average Bonchev–Trinajstić information content (AvgIpc) is 2.51. The molecule has 3 N–H and O–H groups in total. The molecule has 0 saturated heterocycles. The molecule has 1 aromatic heterocycles. The largest absolute Gasteiger partial charge is 0.453 e. The number of hydrogen-bond acceptors (Lipinski definition) is 4. The molecule has 6 heteroatoms. The number of carbonyl (C=O) groups is 1. The van der Waals surface area contributed by atoms with Gasteiger partial charge in [0.1, 0.15) is 0 Å². The molecule has 1 rings (SSSR count). The van der Waals surface area contributed by atoms with Crippen LogP contribution in [0, 0.1) is 0 Å². The van der Waals surface area contributed by atoms with Gasteiger partial charge in [-0.05, 0) is 0 Å². The van der Waals surface area contributed by atoms with E-state index in [1.165, 1.54) is 7.11 Å². The van der Waals surface area contributed by atoms with Crippen LogP contribution in [0.3, 0.4) is 0 Å². The second-order valence-electron chi connectivity index (χ2n) is 2.46. The molecule has 0 fully saturated rings. The van der Waals surface area contributed by atoms with Gasteiger partial charge in [0.05, 0.1) is 25.5 Å². The first-order valence-corrected chi connectivity index (χ1v) is 3.82. The monoisotopic (exact) mass is 184 g/mol. The zero-order chi connectivity index (χ0) is 9.68. The molecule has 1 heterocycles. The molecular weight excluding hydrogens is 172 g/mol. The number of nitrogens with zero attached hydrogens (tertiary/aromatic N) is 2. The van der Waals surface area contributed by atoms with Crippen molar-refractivity contribution in [3.8, 4) is 0 Å². The van der Waals surface area contributed by atoms with E-state index in [9.17, 15) is 4.79 Å². The molecule has 0 radical (unpaired) electrons. The summed E-state index contributed by atoms with van der Waals surface area (Å²) in [6.45, 7) is 1.04. The normalized spacial score (nSPS) is 9.62. The number of nitrogens with two attached hydrogens (primary N) is 1. The minimum atomic E-state index is -0.444. The van der Waals surface area contributed by atoms with Gasteiger partial charge in [0, 0.05) is 12.7 Å². The number of ether oxygens (including phenoxy) is 1. The quantitative estimate of drug-likeness (QED) is 0.682. The van der Waals surface area contributed by atoms with Crippen LogP contribution in [0.4, 0.5) is 10.5 Å². The van der Waals surface area contributed by atoms with Gasteiger partial charge in [-0.3, -0.25) is 4.68 Å². The summed E-state index contributed by atoms with van der Waals surface area (Å²) in [7, 11) is 1.32. The van der Waals surface area contributed by atoms with Crippen LogP contribution < -0.4 is 11.1 Å². The second kappa shape index (κ2) is 4.34. The Kier molecular flexibility index (Phi) is 3.13. The van der Waals surface area contributed by atoms with Crippen molar-refractivity contribution in [2.45, 2.75) is 6.54 Å². The molecule has 0 aliphatic rings. The second-order valence-corrected chi connectivity index (χ2v) is 2.46. The van der Waals surface area contributed by atoms with Gasteiger partial charge >= 0.3 is 6.09 Å². The van der Waals surface area contributed by atoms with E-state index in [2.05, 4.69) is 15.2 Å². The van der Waals surface area contributed by atoms with Crippen LogP contribution >= 0.6 is 0 Å². The van der Waals surface area contributed by atoms with Crippen molar-refractivity contribution in [2.24, 2.45) is 0 Å². The van der Waals surface area contributed by atoms with Gasteiger partial charge in [0.2, 0.25) is 0 Å². The number of aromatic nitrogens is 2. The third kappa shape index (κ3) is 3.02. The maximum absolute atomic E-state index is 10.6. The Morgan fingerprint density at radius 1 is 1.85 bits per heavy atom. The van der Waals surface area contributed by atoms with Gasteiger partial charge < -0.3 is 15.8 Å². The van der Waals surface area contributed by atoms with Crippen molar-refractivity contribution in [1.29, 1.82) is 0 Å². The Morgan fingerprint density at radius 2 is 2.62 bits per heavy atom. The smallest absolute Gasteiger partial charge is 0.406 e. The summed E-state index contributed by atoms with van der Waals surface area (Å²) in [4.78, 5) is 10.6. The number of rotatable bonds is 3. The van der Waals surface area contributed by atoms with E-state index in [1.54, 1.807) is 17.1 Å². The molecule has 0 aliphatic carbocycles. The summed E-state index contributed by atoms with van der Waals surface area (Å²) in [5.41, 5.74) is 6.05. The van der Waals surface area contributed by atoms with Crippen molar-refractivity contribution < 1.29 is 9.53 Å². The number of amides is 1. The minimum Gasteiger partial charge on any atom is -0.453 e. The highest BCUT2D eigenvalue weighted by Crippen LogP contribution is 1.96. The lowest BCUT2D eigenvalue weighted by Crippen LogP contribution is -2.26. The van der Waals surface area contributed by atoms with E-state index in [0.717, 1.165) is 0 Å². The lowest BCUT2D eigenvalue weighted by Gasteiger charge is -2.02. The molecule has 0 spiro atoms. The molecular formula is C7H12N4O2. The molecule has 0 bridgehead atoms. The van der Waals surface area contributed by atoms with E-state index in [-0.39, 0.29) is 0 Å². The lowest BCUT2D eigenvalue weighted by atomic mass is 10.6. The Morgan fingerprint density at radius 3 is 3.15 bits per heavy atom. The maximum atomic E-state index is 10.6. The molecule has 0 unspecified atom stereocenters. The number of nitrogens with one attached hydrogen (secondary N) is 1. The molecule has 13 heavy (non-hydrogen) atoms. The van der Waals surface area contributed by atoms with Crippen molar-refractivity contribution in [3.63, 3.8) is 0 Å². The fourth-order valence-electron chi connectivity index (χ4n) is 0.847. The Hall–Kier alpha value is -1.72. The van der Waals surface area contributed by atoms with E-state index in [1.807, 2.05) is 0 Å². The number of alkyl carbamates (subject to hydrolysis) is 1. The summed E-state index contributed by atoms with van der Waals surface area (Å²) < 4.78 is 6.03. The van der Waals surface area contributed by atoms with Crippen LogP contribution in [0.15, 0.2) is 12.4 Å². The predicted octanol–water partition coefficient (Wildman–Crippen LogP) is -0.179. The number of carbonyl (C=O) groups excluding carboxylic acids is 1. The first kappa shape index (κ1) is 9.37. The zero-order valence-electron chi connectivity index (χ0n) is 7.36. The van der Waals surface area contributed by atoms with Gasteiger partial charge in [-0.2, -0.15) is 5.10 Å². The zero-order valence-corrected chi connectivity index (χ0v) is 7.36. The summed E-state index contributed by atoms with van der Waals surface area (Å²) in [6.07, 6.45) is 2.80. The van der Waals surface area contributed by atoms with E-state index >= 15 is 0 Å². The third-order valence-electron chi connectivity index (χ3n) is 1.45. The topological polar surface area (TPSA) is 82.2 Å². The Labute approximate surface area is 75.7 Å². The van der Waals surface area contributed by atoms with Crippen molar-refractivity contribution in [1.82, 2.24) is 15.1 Å². The SMILES string of the molecule is COC(=O)NCCn1cc(N)cn1. The summed E-state index contributed by atoms with van der Waals surface area (Å²) >= 11 is 0. The van der Waals surface area contributed by atoms with Gasteiger partial charge in [-0.25, -0.2) is 4.79 Å². The van der Waals surface area contributed by atoms with Crippen molar-refractivity contribution in [2.75, 3.05) is 19.4 Å². The first-order chi connectivity index (χ1) is 6.22. The standard InChI is InChI=1S/C7H12N4O2/c1-13-7(12)9-2-3-11-5-6(8)4-10-11/h4-5H,2-3,8H2,1H3,(H,9,12). The molecule has 1 amide bonds. The van der Waals surface area contributed by atoms with E-state index < -0.39 is 6.09 Å². The number of anilines is 1. The van der Waals surface area contributed by atoms with Crippen LogP contribution in [0.5, 0.6) is 0 Å². The first-order valence-electron chi connectivity index (χ1n) is 3.82. The number of hydrogen-bond donors (Lipinski definition) is 2. The summed E-state index contributed by atoms with van der Waals surface area (Å²) in [5.74, 6) is 0. The van der Waals surface area contributed by atoms with Gasteiger partial charge in [0.15, 0.2) is 0 Å². The third-order valence-corrected chi connectivity index (χ3v) is 1.45. The van der Waals surface area contributed by atoms with Gasteiger partial charge in [-0.1, -0.05) is 0 Å². The Balaban J connectivity index is 2.24. The van der Waals surface area contributed by atoms with Gasteiger partial charge in [-0.15, -0.1) is 0 Å². The van der Waals surface area contributed by atoms with E-state index in [0.29, 0.717) is 18.8 Å². The Bertz CT molecular complexity index is 284. The summed E-state index contributed by atoms with van der Waals surface area (Å²) in [5, 5.41) is 6.47. The number of nitrogen functional groups attached to an aromatic ring is 1. The maximum Gasteiger partial charge on any atom is 0.406 e. The molecule has 0 aliphatic heterocycles.